The van der Waals surface area contributed by atoms with Gasteiger partial charge in [0, 0.05) is 5.69 Å². The van der Waals surface area contributed by atoms with E-state index in [1.807, 2.05) is 30.3 Å². The lowest BCUT2D eigenvalue weighted by molar-refractivity contribution is -0.887. The number of quaternary nitrogens is 1. The molecule has 1 amide bonds. The Balaban J connectivity index is 1.73. The number of likely N-dealkylation sites (N-methyl/N-ethyl adjacent to an activating group) is 1. The van der Waals surface area contributed by atoms with Crippen LogP contribution in [-0.4, -0.2) is 45.3 Å². The van der Waals surface area contributed by atoms with Crippen LogP contribution in [0, 0.1) is 0 Å². The highest BCUT2D eigenvalue weighted by Gasteiger charge is 2.39. The lowest BCUT2D eigenvalue weighted by atomic mass is 10.0. The van der Waals surface area contributed by atoms with Crippen LogP contribution in [0.25, 0.3) is 0 Å². The van der Waals surface area contributed by atoms with Crippen molar-refractivity contribution in [3.05, 3.63) is 59.7 Å². The first kappa shape index (κ1) is 18.2. The van der Waals surface area contributed by atoms with Gasteiger partial charge in [-0.25, -0.2) is 8.42 Å². The fourth-order valence-corrected chi connectivity index (χ4v) is 5.58. The van der Waals surface area contributed by atoms with Gasteiger partial charge in [0.05, 0.1) is 43.5 Å². The van der Waals surface area contributed by atoms with Crippen molar-refractivity contribution in [3.63, 3.8) is 0 Å². The van der Waals surface area contributed by atoms with Crippen molar-refractivity contribution in [1.82, 2.24) is 4.31 Å². The number of hydrogen-bond acceptors (Lipinski definition) is 3. The maximum Gasteiger partial charge on any atom is 0.244 e. The fourth-order valence-electron chi connectivity index (χ4n) is 3.93. The van der Waals surface area contributed by atoms with Crippen molar-refractivity contribution in [2.45, 2.75) is 23.8 Å². The van der Waals surface area contributed by atoms with Crippen molar-refractivity contribution in [2.75, 3.05) is 32.0 Å². The second-order valence-electron chi connectivity index (χ2n) is 7.41. The zero-order chi connectivity index (χ0) is 19.2. The van der Waals surface area contributed by atoms with Crippen LogP contribution in [-0.2, 0) is 14.8 Å². The predicted molar refractivity (Wildman–Crippen MR) is 103 cm³/mol. The minimum absolute atomic E-state index is 0.0927. The molecule has 2 aliphatic rings. The number of nitrogens with one attached hydrogen (secondary N) is 2. The molecule has 0 spiro atoms. The van der Waals surface area contributed by atoms with Crippen molar-refractivity contribution in [3.8, 4) is 0 Å². The number of anilines is 1. The zero-order valence-corrected chi connectivity index (χ0v) is 16.3. The first-order valence-electron chi connectivity index (χ1n) is 9.21. The highest BCUT2D eigenvalue weighted by molar-refractivity contribution is 7.89. The Bertz CT molecular complexity index is 975. The van der Waals surface area contributed by atoms with Crippen molar-refractivity contribution in [2.24, 2.45) is 0 Å². The van der Waals surface area contributed by atoms with Gasteiger partial charge in [0.1, 0.15) is 0 Å². The Morgan fingerprint density at radius 1 is 1.15 bits per heavy atom. The molecule has 1 unspecified atom stereocenters. The number of piperazine rings is 1. The van der Waals surface area contributed by atoms with E-state index in [1.54, 1.807) is 29.4 Å². The topological polar surface area (TPSA) is 70.9 Å². The molecule has 4 rings (SSSR count). The second-order valence-corrected chi connectivity index (χ2v) is 9.30. The van der Waals surface area contributed by atoms with E-state index >= 15 is 0 Å². The third-order valence-corrected chi connectivity index (χ3v) is 7.48. The lowest BCUT2D eigenvalue weighted by Gasteiger charge is -2.37. The van der Waals surface area contributed by atoms with Gasteiger partial charge in [-0.15, -0.1) is 0 Å². The largest absolute Gasteiger partial charge is 0.335 e. The van der Waals surface area contributed by atoms with E-state index in [0.29, 0.717) is 12.2 Å². The number of benzene rings is 2. The number of carbonyl (C=O) groups excluding carboxylic acids is 1. The number of rotatable bonds is 3. The smallest absolute Gasteiger partial charge is 0.244 e. The Kier molecular flexibility index (Phi) is 4.53. The first-order chi connectivity index (χ1) is 12.9. The molecule has 0 bridgehead atoms. The second kappa shape index (κ2) is 6.74. The molecule has 142 valence electrons. The number of nitrogens with zero attached hydrogens (tertiary/aromatic N) is 1. The molecular weight excluding hydrogens is 362 g/mol. The van der Waals surface area contributed by atoms with Crippen LogP contribution in [0.5, 0.6) is 0 Å². The third-order valence-electron chi connectivity index (χ3n) is 5.58. The quantitative estimate of drug-likeness (QED) is 0.827. The van der Waals surface area contributed by atoms with Gasteiger partial charge in [-0.1, -0.05) is 30.3 Å². The van der Waals surface area contributed by atoms with Crippen molar-refractivity contribution >= 4 is 21.6 Å². The first-order valence-corrected chi connectivity index (χ1v) is 10.6. The molecule has 3 atom stereocenters. The molecule has 0 aromatic heterocycles. The minimum Gasteiger partial charge on any atom is -0.335 e. The van der Waals surface area contributed by atoms with Crippen LogP contribution >= 0.6 is 0 Å². The van der Waals surface area contributed by atoms with E-state index in [9.17, 15) is 13.2 Å². The van der Waals surface area contributed by atoms with Crippen molar-refractivity contribution < 1.29 is 18.1 Å². The van der Waals surface area contributed by atoms with Gasteiger partial charge in [0.2, 0.25) is 15.9 Å². The Hall–Kier alpha value is -2.22. The highest BCUT2D eigenvalue weighted by Crippen LogP contribution is 2.35. The molecule has 2 heterocycles. The number of carbonyl (C=O) groups is 1. The summed E-state index contributed by atoms with van der Waals surface area (Å²) in [6.07, 6.45) is 0. The van der Waals surface area contributed by atoms with E-state index in [4.69, 9.17) is 0 Å². The van der Waals surface area contributed by atoms with Crippen LogP contribution in [0.3, 0.4) is 0 Å². The average Bonchev–Trinajstić information content (AvgIpc) is 2.96. The number of fused-ring (bicyclic) bond motifs is 1. The SMILES string of the molecule is C[C@H]1C(=O)Nc2ccc(S(=O)(=O)N3CC[NH+](C)C[C@@H]3c3ccccc3)cc21. The normalized spacial score (nSPS) is 25.9. The van der Waals surface area contributed by atoms with E-state index in [0.717, 1.165) is 24.2 Å². The maximum atomic E-state index is 13.5. The molecule has 0 aliphatic carbocycles. The van der Waals surface area contributed by atoms with E-state index in [-0.39, 0.29) is 22.8 Å². The zero-order valence-electron chi connectivity index (χ0n) is 15.5. The van der Waals surface area contributed by atoms with Crippen LogP contribution in [0.2, 0.25) is 0 Å². The molecular formula is C20H24N3O3S+. The number of amides is 1. The summed E-state index contributed by atoms with van der Waals surface area (Å²) < 4.78 is 28.6. The Morgan fingerprint density at radius 2 is 1.89 bits per heavy atom. The van der Waals surface area contributed by atoms with Gasteiger partial charge in [-0.2, -0.15) is 4.31 Å². The fraction of sp³-hybridized carbons (Fsp3) is 0.350. The molecule has 1 fully saturated rings. The van der Waals surface area contributed by atoms with Crippen LogP contribution < -0.4 is 10.2 Å². The van der Waals surface area contributed by atoms with Crippen LogP contribution in [0.1, 0.15) is 30.0 Å². The molecule has 7 heteroatoms. The molecule has 1 saturated heterocycles. The Morgan fingerprint density at radius 3 is 2.63 bits per heavy atom. The van der Waals surface area contributed by atoms with Gasteiger partial charge < -0.3 is 10.2 Å². The van der Waals surface area contributed by atoms with Crippen LogP contribution in [0.15, 0.2) is 53.4 Å². The summed E-state index contributed by atoms with van der Waals surface area (Å²) in [6, 6.07) is 14.5. The molecule has 0 saturated carbocycles. The maximum absolute atomic E-state index is 13.5. The number of sulfonamides is 1. The summed E-state index contributed by atoms with van der Waals surface area (Å²) >= 11 is 0. The molecule has 2 aromatic carbocycles. The van der Waals surface area contributed by atoms with Crippen LogP contribution in [0.4, 0.5) is 5.69 Å². The molecule has 2 N–H and O–H groups in total. The van der Waals surface area contributed by atoms with Gasteiger partial charge >= 0.3 is 0 Å². The summed E-state index contributed by atoms with van der Waals surface area (Å²) in [5.41, 5.74) is 2.46. The van der Waals surface area contributed by atoms with Gasteiger partial charge in [0.15, 0.2) is 0 Å². The van der Waals surface area contributed by atoms with Gasteiger partial charge in [-0.05, 0) is 36.2 Å². The predicted octanol–water partition coefficient (Wildman–Crippen LogP) is 1.00. The molecule has 2 aromatic rings. The molecule has 6 nitrogen and oxygen atoms in total. The summed E-state index contributed by atoms with van der Waals surface area (Å²) in [4.78, 5) is 13.5. The third kappa shape index (κ3) is 3.16. The highest BCUT2D eigenvalue weighted by atomic mass is 32.2. The molecule has 0 radical (unpaired) electrons. The van der Waals surface area contributed by atoms with E-state index in [2.05, 4.69) is 12.4 Å². The summed E-state index contributed by atoms with van der Waals surface area (Å²) in [5, 5.41) is 2.80. The monoisotopic (exact) mass is 386 g/mol. The summed E-state index contributed by atoms with van der Waals surface area (Å²) in [5.74, 6) is -0.429. The van der Waals surface area contributed by atoms with E-state index < -0.39 is 10.0 Å². The summed E-state index contributed by atoms with van der Waals surface area (Å²) in [6.45, 7) is 3.76. The minimum atomic E-state index is -3.66. The van der Waals surface area contributed by atoms with Crippen molar-refractivity contribution in [1.29, 1.82) is 0 Å². The van der Waals surface area contributed by atoms with Gasteiger partial charge in [-0.3, -0.25) is 4.79 Å². The Labute approximate surface area is 159 Å². The van der Waals surface area contributed by atoms with E-state index in [1.165, 1.54) is 4.90 Å². The van der Waals surface area contributed by atoms with Gasteiger partial charge in [0.25, 0.3) is 0 Å². The lowest BCUT2D eigenvalue weighted by Crippen LogP contribution is -3.12. The molecule has 27 heavy (non-hydrogen) atoms. The summed E-state index contributed by atoms with van der Waals surface area (Å²) in [7, 11) is -1.57. The standard InChI is InChI=1S/C20H23N3O3S/c1-14-17-12-16(8-9-18(17)21-20(14)24)27(25,26)23-11-10-22(2)13-19(23)15-6-4-3-5-7-15/h3-9,12,14,19H,10-11,13H2,1-2H3,(H,21,24)/p+1/t14-,19-/m1/s1. The molecule has 2 aliphatic heterocycles. The average molecular weight is 386 g/mol. The number of hydrogen-bond donors (Lipinski definition) is 2.